The van der Waals surface area contributed by atoms with E-state index in [0.717, 1.165) is 23.9 Å². The van der Waals surface area contributed by atoms with Crippen LogP contribution in [0.15, 0.2) is 24.3 Å². The second-order valence-electron chi connectivity index (χ2n) is 5.77. The average Bonchev–Trinajstić information content (AvgIpc) is 2.82. The molecule has 1 aromatic carbocycles. The van der Waals surface area contributed by atoms with Gasteiger partial charge in [-0.2, -0.15) is 0 Å². The third kappa shape index (κ3) is 3.77. The molecule has 1 aromatic rings. The minimum atomic E-state index is -0.338. The van der Waals surface area contributed by atoms with Gasteiger partial charge >= 0.3 is 0 Å². The largest absolute Gasteiger partial charge is 0.310 e. The van der Waals surface area contributed by atoms with E-state index in [0.29, 0.717) is 0 Å². The summed E-state index contributed by atoms with van der Waals surface area (Å²) in [5, 5.41) is 14.3. The van der Waals surface area contributed by atoms with E-state index in [1.54, 1.807) is 12.1 Å². The van der Waals surface area contributed by atoms with E-state index < -0.39 is 0 Å². The molecule has 1 aliphatic rings. The number of hydrogen-bond acceptors (Lipinski definition) is 3. The fourth-order valence-corrected chi connectivity index (χ4v) is 2.88. The first-order chi connectivity index (χ1) is 9.06. The number of nitrogens with zero attached hydrogens (tertiary/aromatic N) is 1. The molecule has 1 aliphatic carbocycles. The van der Waals surface area contributed by atoms with E-state index >= 15 is 0 Å². The molecular formula is C15H22N2O2. The van der Waals surface area contributed by atoms with Crippen molar-refractivity contribution in [2.45, 2.75) is 39.2 Å². The monoisotopic (exact) mass is 262 g/mol. The van der Waals surface area contributed by atoms with Gasteiger partial charge in [-0.3, -0.25) is 10.1 Å². The maximum absolute atomic E-state index is 10.8. The summed E-state index contributed by atoms with van der Waals surface area (Å²) in [5.41, 5.74) is 1.15. The van der Waals surface area contributed by atoms with Gasteiger partial charge in [0.15, 0.2) is 0 Å². The first-order valence-corrected chi connectivity index (χ1v) is 7.04. The molecule has 104 valence electrons. The molecule has 4 nitrogen and oxygen atoms in total. The van der Waals surface area contributed by atoms with Crippen molar-refractivity contribution in [3.05, 3.63) is 39.9 Å². The van der Waals surface area contributed by atoms with Gasteiger partial charge in [-0.05, 0) is 43.7 Å². The zero-order valence-corrected chi connectivity index (χ0v) is 11.6. The Hall–Kier alpha value is -1.42. The summed E-state index contributed by atoms with van der Waals surface area (Å²) in [6.45, 7) is 5.38. The standard InChI is InChI=1S/C15H22N2O2/c1-11-6-7-13(8-11)10-16-12(2)14-4-3-5-15(9-14)17(18)19/h3-5,9,11-13,16H,6-8,10H2,1-2H3. The second-order valence-corrected chi connectivity index (χ2v) is 5.77. The van der Waals surface area contributed by atoms with E-state index in [4.69, 9.17) is 0 Å². The fourth-order valence-electron chi connectivity index (χ4n) is 2.88. The van der Waals surface area contributed by atoms with Crippen LogP contribution in [-0.2, 0) is 0 Å². The molecule has 0 saturated heterocycles. The van der Waals surface area contributed by atoms with Crippen LogP contribution in [-0.4, -0.2) is 11.5 Å². The fraction of sp³-hybridized carbons (Fsp3) is 0.600. The Balaban J connectivity index is 1.90. The van der Waals surface area contributed by atoms with E-state index in [1.807, 2.05) is 6.07 Å². The molecule has 0 bridgehead atoms. The van der Waals surface area contributed by atoms with E-state index in [9.17, 15) is 10.1 Å². The van der Waals surface area contributed by atoms with Crippen LogP contribution in [0, 0.1) is 22.0 Å². The van der Waals surface area contributed by atoms with Gasteiger partial charge in [-0.15, -0.1) is 0 Å². The summed E-state index contributed by atoms with van der Waals surface area (Å²) in [7, 11) is 0. The minimum absolute atomic E-state index is 0.163. The first kappa shape index (κ1) is 14.0. The van der Waals surface area contributed by atoms with Crippen molar-refractivity contribution < 1.29 is 4.92 Å². The predicted octanol–water partition coefficient (Wildman–Crippen LogP) is 3.68. The highest BCUT2D eigenvalue weighted by molar-refractivity contribution is 5.35. The number of benzene rings is 1. The quantitative estimate of drug-likeness (QED) is 0.650. The van der Waals surface area contributed by atoms with Crippen molar-refractivity contribution in [3.8, 4) is 0 Å². The van der Waals surface area contributed by atoms with E-state index in [1.165, 1.54) is 25.3 Å². The van der Waals surface area contributed by atoms with Crippen LogP contribution < -0.4 is 5.32 Å². The molecule has 0 radical (unpaired) electrons. The zero-order chi connectivity index (χ0) is 13.8. The summed E-state index contributed by atoms with van der Waals surface area (Å²) in [6, 6.07) is 7.06. The Bertz CT molecular complexity index is 448. The number of nitro groups is 1. The summed E-state index contributed by atoms with van der Waals surface area (Å²) < 4.78 is 0. The van der Waals surface area contributed by atoms with Crippen LogP contribution in [0.3, 0.4) is 0 Å². The van der Waals surface area contributed by atoms with Crippen LogP contribution in [0.1, 0.15) is 44.7 Å². The molecule has 1 fully saturated rings. The van der Waals surface area contributed by atoms with Gasteiger partial charge < -0.3 is 5.32 Å². The highest BCUT2D eigenvalue weighted by Crippen LogP contribution is 2.30. The highest BCUT2D eigenvalue weighted by atomic mass is 16.6. The van der Waals surface area contributed by atoms with E-state index in [-0.39, 0.29) is 16.7 Å². The van der Waals surface area contributed by atoms with Gasteiger partial charge in [0.05, 0.1) is 4.92 Å². The topological polar surface area (TPSA) is 55.2 Å². The molecule has 0 heterocycles. The number of nitrogens with one attached hydrogen (secondary N) is 1. The van der Waals surface area contributed by atoms with Crippen molar-refractivity contribution in [2.75, 3.05) is 6.54 Å². The molecule has 2 rings (SSSR count). The lowest BCUT2D eigenvalue weighted by Crippen LogP contribution is -2.24. The lowest BCUT2D eigenvalue weighted by molar-refractivity contribution is -0.384. The lowest BCUT2D eigenvalue weighted by atomic mass is 10.0. The van der Waals surface area contributed by atoms with Gasteiger partial charge in [0.1, 0.15) is 0 Å². The molecule has 0 amide bonds. The Labute approximate surface area is 114 Å². The van der Waals surface area contributed by atoms with Crippen LogP contribution in [0.25, 0.3) is 0 Å². The van der Waals surface area contributed by atoms with E-state index in [2.05, 4.69) is 19.2 Å². The smallest absolute Gasteiger partial charge is 0.269 e. The SMILES string of the molecule is CC1CCC(CNC(C)c2cccc([N+](=O)[O-])c2)C1. The van der Waals surface area contributed by atoms with Crippen LogP contribution in [0.5, 0.6) is 0 Å². The number of hydrogen-bond donors (Lipinski definition) is 1. The van der Waals surface area contributed by atoms with Crippen molar-refractivity contribution in [1.82, 2.24) is 5.32 Å². The molecule has 19 heavy (non-hydrogen) atoms. The molecule has 0 aliphatic heterocycles. The van der Waals surface area contributed by atoms with Gasteiger partial charge in [0.2, 0.25) is 0 Å². The summed E-state index contributed by atoms with van der Waals surface area (Å²) in [5.74, 6) is 1.61. The Morgan fingerprint density at radius 1 is 1.47 bits per heavy atom. The van der Waals surface area contributed by atoms with Gasteiger partial charge in [-0.25, -0.2) is 0 Å². The Morgan fingerprint density at radius 3 is 2.89 bits per heavy atom. The molecule has 3 atom stereocenters. The van der Waals surface area contributed by atoms with Gasteiger partial charge in [-0.1, -0.05) is 25.5 Å². The van der Waals surface area contributed by atoms with Crippen molar-refractivity contribution >= 4 is 5.69 Å². The maximum Gasteiger partial charge on any atom is 0.269 e. The average molecular weight is 262 g/mol. The molecular weight excluding hydrogens is 240 g/mol. The van der Waals surface area contributed by atoms with Crippen LogP contribution in [0.4, 0.5) is 5.69 Å². The Kier molecular flexibility index (Phi) is 4.53. The van der Waals surface area contributed by atoms with Crippen molar-refractivity contribution in [3.63, 3.8) is 0 Å². The highest BCUT2D eigenvalue weighted by Gasteiger charge is 2.21. The van der Waals surface area contributed by atoms with Gasteiger partial charge in [0, 0.05) is 18.2 Å². The predicted molar refractivity (Wildman–Crippen MR) is 76.0 cm³/mol. The number of rotatable bonds is 5. The number of nitro benzene ring substituents is 1. The number of non-ortho nitro benzene ring substituents is 1. The summed E-state index contributed by atoms with van der Waals surface area (Å²) in [4.78, 5) is 10.4. The Morgan fingerprint density at radius 2 is 2.26 bits per heavy atom. The molecule has 0 aromatic heterocycles. The molecule has 4 heteroatoms. The second kappa shape index (κ2) is 6.15. The first-order valence-electron chi connectivity index (χ1n) is 7.04. The normalized spacial score (nSPS) is 24.3. The third-order valence-corrected chi connectivity index (χ3v) is 4.10. The van der Waals surface area contributed by atoms with Crippen molar-refractivity contribution in [1.29, 1.82) is 0 Å². The lowest BCUT2D eigenvalue weighted by Gasteiger charge is -2.17. The maximum atomic E-state index is 10.8. The molecule has 1 saturated carbocycles. The third-order valence-electron chi connectivity index (χ3n) is 4.10. The molecule has 0 spiro atoms. The van der Waals surface area contributed by atoms with Crippen LogP contribution >= 0.6 is 0 Å². The van der Waals surface area contributed by atoms with Gasteiger partial charge in [0.25, 0.3) is 5.69 Å². The minimum Gasteiger partial charge on any atom is -0.310 e. The summed E-state index contributed by atoms with van der Waals surface area (Å²) >= 11 is 0. The molecule has 3 unspecified atom stereocenters. The zero-order valence-electron chi connectivity index (χ0n) is 11.6. The summed E-state index contributed by atoms with van der Waals surface area (Å²) in [6.07, 6.45) is 3.93. The molecule has 1 N–H and O–H groups in total. The van der Waals surface area contributed by atoms with Crippen molar-refractivity contribution in [2.24, 2.45) is 11.8 Å². The van der Waals surface area contributed by atoms with Crippen LogP contribution in [0.2, 0.25) is 0 Å².